The smallest absolute Gasteiger partial charge is 0.245 e. The highest BCUT2D eigenvalue weighted by Crippen LogP contribution is 2.33. The van der Waals surface area contributed by atoms with Crippen LogP contribution in [-0.4, -0.2) is 84.8 Å². The van der Waals surface area contributed by atoms with Gasteiger partial charge >= 0.3 is 0 Å². The Balaban J connectivity index is 1.02. The number of likely N-dealkylation sites (tertiary alicyclic amines) is 1. The summed E-state index contributed by atoms with van der Waals surface area (Å²) >= 11 is 0. The van der Waals surface area contributed by atoms with E-state index in [1.54, 1.807) is 0 Å². The average molecular weight is 541 g/mol. The van der Waals surface area contributed by atoms with Gasteiger partial charge in [-0.25, -0.2) is 5.43 Å². The van der Waals surface area contributed by atoms with Gasteiger partial charge in [-0.15, -0.1) is 0 Å². The minimum absolute atomic E-state index is 0.0676. The second kappa shape index (κ2) is 11.9. The lowest BCUT2D eigenvalue weighted by molar-refractivity contribution is -0.128. The van der Waals surface area contributed by atoms with Crippen LogP contribution in [0.3, 0.4) is 0 Å². The third-order valence-electron chi connectivity index (χ3n) is 10.0. The van der Waals surface area contributed by atoms with Crippen LogP contribution in [0.2, 0.25) is 0 Å². The molecule has 5 heterocycles. The van der Waals surface area contributed by atoms with Crippen LogP contribution in [0.4, 0.5) is 0 Å². The van der Waals surface area contributed by atoms with Crippen molar-refractivity contribution >= 4 is 5.91 Å². The fraction of sp³-hybridized carbons (Fsp3) is 0.759. The van der Waals surface area contributed by atoms with Gasteiger partial charge in [0, 0.05) is 44.1 Å². The average Bonchev–Trinajstić information content (AvgIpc) is 3.42. The number of nitrogens with zero attached hydrogens (tertiary/aromatic N) is 2. The van der Waals surface area contributed by atoms with Crippen LogP contribution in [0.1, 0.15) is 52.4 Å². The van der Waals surface area contributed by atoms with Gasteiger partial charge in [0.05, 0.1) is 18.9 Å². The van der Waals surface area contributed by atoms with Gasteiger partial charge in [-0.2, -0.15) is 0 Å². The summed E-state index contributed by atoms with van der Waals surface area (Å²) in [6.45, 7) is 11.6. The molecule has 0 bridgehead atoms. The third kappa shape index (κ3) is 5.92. The molecule has 1 saturated carbocycles. The Bertz CT molecular complexity index is 958. The summed E-state index contributed by atoms with van der Waals surface area (Å²) in [5.41, 5.74) is 3.28. The van der Waals surface area contributed by atoms with Crippen LogP contribution in [0, 0.1) is 17.8 Å². The maximum Gasteiger partial charge on any atom is 0.245 e. The minimum Gasteiger partial charge on any atom is -0.490 e. The standard InChI is InChI=1S/C29H48N8O2/c1-4-27(38)36-11-10-22(19(3)15-36)23-6-7-24-28(35-23)29(32-16-30-24)34-20-5-8-25(18(2)13-20)39-21-9-12-37-26(14-21)31-17-33-37/h4,9,12,14,18-20,22-26,28-35H,1,5-8,10-11,13,15-17H2,2-3H3. The van der Waals surface area contributed by atoms with Gasteiger partial charge in [-0.1, -0.05) is 20.4 Å². The zero-order valence-electron chi connectivity index (χ0n) is 23.6. The monoisotopic (exact) mass is 540 g/mol. The Labute approximate surface area is 233 Å². The van der Waals surface area contributed by atoms with Gasteiger partial charge < -0.3 is 15.0 Å². The summed E-state index contributed by atoms with van der Waals surface area (Å²) < 4.78 is 6.48. The van der Waals surface area contributed by atoms with Crippen molar-refractivity contribution in [3.8, 4) is 0 Å². The summed E-state index contributed by atoms with van der Waals surface area (Å²) in [5.74, 6) is 2.62. The molecule has 0 aromatic carbocycles. The van der Waals surface area contributed by atoms with E-state index in [1.807, 2.05) is 4.90 Å². The van der Waals surface area contributed by atoms with Gasteiger partial charge in [0.1, 0.15) is 18.0 Å². The van der Waals surface area contributed by atoms with Crippen LogP contribution in [0.5, 0.6) is 0 Å². The predicted octanol–water partition coefficient (Wildman–Crippen LogP) is 0.891. The fourth-order valence-corrected chi connectivity index (χ4v) is 7.85. The van der Waals surface area contributed by atoms with E-state index in [0.29, 0.717) is 41.9 Å². The van der Waals surface area contributed by atoms with Crippen LogP contribution >= 0.6 is 0 Å². The number of nitrogens with one attached hydrogen (secondary N) is 6. The normalized spacial score (nSPS) is 42.4. The molecule has 1 amide bonds. The summed E-state index contributed by atoms with van der Waals surface area (Å²) in [7, 11) is 0. The van der Waals surface area contributed by atoms with Crippen molar-refractivity contribution in [2.24, 2.45) is 17.8 Å². The van der Waals surface area contributed by atoms with Gasteiger partial charge in [0.2, 0.25) is 5.91 Å². The summed E-state index contributed by atoms with van der Waals surface area (Å²) in [5, 5.41) is 21.0. The number of carbonyl (C=O) groups is 1. The lowest BCUT2D eigenvalue weighted by Gasteiger charge is -2.50. The minimum atomic E-state index is 0.0676. The molecule has 10 nitrogen and oxygen atoms in total. The van der Waals surface area contributed by atoms with Crippen LogP contribution in [0.25, 0.3) is 0 Å². The number of piperidine rings is 2. The summed E-state index contributed by atoms with van der Waals surface area (Å²) in [4.78, 5) is 14.1. The zero-order valence-corrected chi connectivity index (χ0v) is 23.6. The largest absolute Gasteiger partial charge is 0.490 e. The summed E-state index contributed by atoms with van der Waals surface area (Å²) in [6, 6.07) is 1.82. The molecule has 0 spiro atoms. The number of rotatable bonds is 6. The van der Waals surface area contributed by atoms with Crippen LogP contribution < -0.4 is 32.0 Å². The van der Waals surface area contributed by atoms with Crippen LogP contribution in [0.15, 0.2) is 36.8 Å². The third-order valence-corrected chi connectivity index (χ3v) is 10.0. The Morgan fingerprint density at radius 3 is 2.77 bits per heavy atom. The van der Waals surface area contributed by atoms with E-state index in [0.717, 1.165) is 57.9 Å². The number of hydrogen-bond donors (Lipinski definition) is 6. The van der Waals surface area contributed by atoms with Gasteiger partial charge in [-0.05, 0) is 74.5 Å². The molecular formula is C29H48N8O2. The molecule has 39 heavy (non-hydrogen) atoms. The van der Waals surface area contributed by atoms with Crippen molar-refractivity contribution in [2.75, 3.05) is 26.4 Å². The van der Waals surface area contributed by atoms with E-state index >= 15 is 0 Å². The number of fused-ring (bicyclic) bond motifs is 2. The zero-order chi connectivity index (χ0) is 26.9. The number of amides is 1. The second-order valence-corrected chi connectivity index (χ2v) is 12.5. The molecule has 4 saturated heterocycles. The molecule has 6 rings (SSSR count). The van der Waals surface area contributed by atoms with E-state index in [-0.39, 0.29) is 24.3 Å². The Morgan fingerprint density at radius 2 is 1.95 bits per heavy atom. The van der Waals surface area contributed by atoms with Gasteiger partial charge in [0.15, 0.2) is 0 Å². The van der Waals surface area contributed by atoms with E-state index in [2.05, 4.69) is 75.8 Å². The lowest BCUT2D eigenvalue weighted by atomic mass is 9.76. The molecule has 5 fully saturated rings. The van der Waals surface area contributed by atoms with Crippen molar-refractivity contribution in [1.82, 2.24) is 41.9 Å². The van der Waals surface area contributed by atoms with Gasteiger partial charge in [0.25, 0.3) is 0 Å². The van der Waals surface area contributed by atoms with Crippen molar-refractivity contribution in [1.29, 1.82) is 0 Å². The molecular weight excluding hydrogens is 492 g/mol. The molecule has 10 heteroatoms. The fourth-order valence-electron chi connectivity index (χ4n) is 7.85. The first-order valence-electron chi connectivity index (χ1n) is 15.2. The molecule has 5 aliphatic heterocycles. The first kappa shape index (κ1) is 27.2. The predicted molar refractivity (Wildman–Crippen MR) is 152 cm³/mol. The van der Waals surface area contributed by atoms with Crippen LogP contribution in [-0.2, 0) is 9.53 Å². The molecule has 10 atom stereocenters. The molecule has 10 unspecified atom stereocenters. The molecule has 6 N–H and O–H groups in total. The molecule has 216 valence electrons. The number of ether oxygens (including phenoxy) is 1. The number of allylic oxidation sites excluding steroid dienone is 1. The molecule has 0 aromatic rings. The Hall–Kier alpha value is -1.95. The SMILES string of the molecule is C=CC(=O)N1CCC(C2CCC3NCNC(NC4CCC(OC5=CC6NCNN6C=C5)C(C)C4)C3N2)C(C)C1. The van der Waals surface area contributed by atoms with Gasteiger partial charge in [-0.3, -0.25) is 31.1 Å². The summed E-state index contributed by atoms with van der Waals surface area (Å²) in [6.07, 6.45) is 15.2. The van der Waals surface area contributed by atoms with E-state index in [4.69, 9.17) is 4.74 Å². The van der Waals surface area contributed by atoms with E-state index in [1.165, 1.54) is 18.9 Å². The highest BCUT2D eigenvalue weighted by Gasteiger charge is 2.43. The number of carbonyl (C=O) groups excluding carboxylic acids is 1. The number of hydrogen-bond acceptors (Lipinski definition) is 9. The Morgan fingerprint density at radius 1 is 1.08 bits per heavy atom. The molecule has 0 radical (unpaired) electrons. The van der Waals surface area contributed by atoms with E-state index < -0.39 is 0 Å². The Kier molecular flexibility index (Phi) is 8.30. The van der Waals surface area contributed by atoms with Crippen molar-refractivity contribution < 1.29 is 9.53 Å². The first-order chi connectivity index (χ1) is 19.0. The quantitative estimate of drug-likeness (QED) is 0.274. The first-order valence-corrected chi connectivity index (χ1v) is 15.2. The highest BCUT2D eigenvalue weighted by molar-refractivity contribution is 5.87. The van der Waals surface area contributed by atoms with Crippen molar-refractivity contribution in [3.05, 3.63) is 36.8 Å². The highest BCUT2D eigenvalue weighted by atomic mass is 16.5. The topological polar surface area (TPSA) is 105 Å². The number of hydrazine groups is 1. The molecule has 6 aliphatic rings. The lowest BCUT2D eigenvalue weighted by Crippen LogP contribution is -2.74. The molecule has 1 aliphatic carbocycles. The maximum absolute atomic E-state index is 12.1. The van der Waals surface area contributed by atoms with Crippen molar-refractivity contribution in [3.63, 3.8) is 0 Å². The molecule has 0 aromatic heterocycles. The van der Waals surface area contributed by atoms with E-state index in [9.17, 15) is 4.79 Å². The van der Waals surface area contributed by atoms with Crippen molar-refractivity contribution in [2.45, 2.75) is 95.0 Å². The maximum atomic E-state index is 12.1. The second-order valence-electron chi connectivity index (χ2n) is 12.5.